The van der Waals surface area contributed by atoms with E-state index in [9.17, 15) is 4.79 Å². The van der Waals surface area contributed by atoms with Gasteiger partial charge in [0.1, 0.15) is 0 Å². The maximum absolute atomic E-state index is 11.0. The average Bonchev–Trinajstić information content (AvgIpc) is 2.39. The fourth-order valence-corrected chi connectivity index (χ4v) is 1.90. The monoisotopic (exact) mass is 256 g/mol. The van der Waals surface area contributed by atoms with Crippen LogP contribution in [0.5, 0.6) is 0 Å². The van der Waals surface area contributed by atoms with Gasteiger partial charge in [0.15, 0.2) is 0 Å². The van der Waals surface area contributed by atoms with Crippen molar-refractivity contribution in [1.82, 2.24) is 4.90 Å². The van der Waals surface area contributed by atoms with Crippen molar-refractivity contribution in [1.29, 1.82) is 0 Å². The van der Waals surface area contributed by atoms with Crippen molar-refractivity contribution in [2.75, 3.05) is 6.54 Å². The fraction of sp³-hybridized carbons (Fsp3) is 0.143. The first-order chi connectivity index (χ1) is 9.11. The Morgan fingerprint density at radius 3 is 2.63 bits per heavy atom. The second kappa shape index (κ2) is 5.39. The van der Waals surface area contributed by atoms with Crippen LogP contribution >= 0.6 is 0 Å². The van der Waals surface area contributed by atoms with Gasteiger partial charge in [0.05, 0.1) is 18.4 Å². The lowest BCUT2D eigenvalue weighted by atomic mass is 10.1. The van der Waals surface area contributed by atoms with Crippen LogP contribution in [-0.4, -0.2) is 23.1 Å². The molecule has 0 unspecified atom stereocenters. The molecule has 0 atom stereocenters. The maximum Gasteiger partial charge on any atom is 0.248 e. The lowest BCUT2D eigenvalue weighted by Crippen LogP contribution is -2.25. The summed E-state index contributed by atoms with van der Waals surface area (Å²) in [5, 5.41) is 0. The SMILES string of the molecule is CC1=NC=C(c2ccc(C(N)=O)cc2)N(/C=C\N)C1. The van der Waals surface area contributed by atoms with E-state index in [0.29, 0.717) is 12.1 Å². The van der Waals surface area contributed by atoms with E-state index in [-0.39, 0.29) is 0 Å². The number of benzene rings is 1. The molecule has 0 bridgehead atoms. The lowest BCUT2D eigenvalue weighted by Gasteiger charge is -2.26. The number of hydrogen-bond acceptors (Lipinski definition) is 4. The molecule has 0 spiro atoms. The summed E-state index contributed by atoms with van der Waals surface area (Å²) in [6.07, 6.45) is 5.08. The van der Waals surface area contributed by atoms with Crippen LogP contribution in [0.15, 0.2) is 47.9 Å². The van der Waals surface area contributed by atoms with Crippen LogP contribution in [0.2, 0.25) is 0 Å². The van der Waals surface area contributed by atoms with Gasteiger partial charge in [-0.3, -0.25) is 9.79 Å². The largest absolute Gasteiger partial charge is 0.403 e. The second-order valence-corrected chi connectivity index (χ2v) is 4.29. The van der Waals surface area contributed by atoms with Gasteiger partial charge < -0.3 is 16.4 Å². The number of carbonyl (C=O) groups is 1. The third kappa shape index (κ3) is 2.82. The normalized spacial score (nSPS) is 15.3. The van der Waals surface area contributed by atoms with E-state index in [1.54, 1.807) is 24.5 Å². The summed E-state index contributed by atoms with van der Waals surface area (Å²) in [7, 11) is 0. The molecule has 0 saturated carbocycles. The predicted octanol–water partition coefficient (Wildman–Crippen LogP) is 1.29. The Hall–Kier alpha value is -2.56. The van der Waals surface area contributed by atoms with E-state index in [1.165, 1.54) is 6.20 Å². The Kier molecular flexibility index (Phi) is 3.66. The van der Waals surface area contributed by atoms with Crippen molar-refractivity contribution >= 4 is 17.3 Å². The van der Waals surface area contributed by atoms with Crippen LogP contribution < -0.4 is 11.5 Å². The molecular weight excluding hydrogens is 240 g/mol. The molecule has 1 aromatic rings. The molecule has 0 aromatic heterocycles. The summed E-state index contributed by atoms with van der Waals surface area (Å²) >= 11 is 0. The third-order valence-corrected chi connectivity index (χ3v) is 2.85. The number of carbonyl (C=O) groups excluding carboxylic acids is 1. The summed E-state index contributed by atoms with van der Waals surface area (Å²) in [5.41, 5.74) is 14.1. The molecule has 0 saturated heterocycles. The molecule has 1 aliphatic heterocycles. The van der Waals surface area contributed by atoms with E-state index in [0.717, 1.165) is 17.0 Å². The number of primary amides is 1. The molecule has 0 fully saturated rings. The van der Waals surface area contributed by atoms with E-state index >= 15 is 0 Å². The first kappa shape index (κ1) is 12.9. The molecule has 1 aliphatic rings. The molecule has 4 N–H and O–H groups in total. The summed E-state index contributed by atoms with van der Waals surface area (Å²) < 4.78 is 0. The van der Waals surface area contributed by atoms with E-state index in [4.69, 9.17) is 11.5 Å². The molecule has 1 aromatic carbocycles. The van der Waals surface area contributed by atoms with Crippen molar-refractivity contribution in [3.63, 3.8) is 0 Å². The molecule has 1 heterocycles. The zero-order chi connectivity index (χ0) is 13.8. The summed E-state index contributed by atoms with van der Waals surface area (Å²) in [6.45, 7) is 2.65. The summed E-state index contributed by atoms with van der Waals surface area (Å²) in [6, 6.07) is 7.10. The highest BCUT2D eigenvalue weighted by Gasteiger charge is 2.14. The van der Waals surface area contributed by atoms with Gasteiger partial charge in [-0.25, -0.2) is 0 Å². The number of aliphatic imine (C=N–C) groups is 1. The average molecular weight is 256 g/mol. The second-order valence-electron chi connectivity index (χ2n) is 4.29. The number of hydrogen-bond donors (Lipinski definition) is 2. The topological polar surface area (TPSA) is 84.7 Å². The van der Waals surface area contributed by atoms with Crippen LogP contribution in [0.25, 0.3) is 5.70 Å². The number of rotatable bonds is 3. The Labute approximate surface area is 111 Å². The van der Waals surface area contributed by atoms with E-state index in [1.807, 2.05) is 24.0 Å². The van der Waals surface area contributed by atoms with Gasteiger partial charge in [0.2, 0.25) is 5.91 Å². The van der Waals surface area contributed by atoms with Crippen molar-refractivity contribution in [3.05, 3.63) is 54.0 Å². The molecule has 0 aliphatic carbocycles. The van der Waals surface area contributed by atoms with Gasteiger partial charge in [-0.05, 0) is 24.6 Å². The molecule has 98 valence electrons. The zero-order valence-corrected chi connectivity index (χ0v) is 10.7. The Morgan fingerprint density at radius 1 is 1.37 bits per heavy atom. The smallest absolute Gasteiger partial charge is 0.248 e. The fourth-order valence-electron chi connectivity index (χ4n) is 1.90. The lowest BCUT2D eigenvalue weighted by molar-refractivity contribution is 0.100. The van der Waals surface area contributed by atoms with Crippen LogP contribution in [0, 0.1) is 0 Å². The number of nitrogens with zero attached hydrogens (tertiary/aromatic N) is 2. The molecule has 5 nitrogen and oxygen atoms in total. The van der Waals surface area contributed by atoms with Crippen LogP contribution in [0.1, 0.15) is 22.8 Å². The van der Waals surface area contributed by atoms with Gasteiger partial charge in [-0.15, -0.1) is 0 Å². The third-order valence-electron chi connectivity index (χ3n) is 2.85. The first-order valence-corrected chi connectivity index (χ1v) is 5.90. The standard InChI is InChI=1S/C14H16N4O/c1-10-9-18(7-6-15)13(8-17-10)11-2-4-12(5-3-11)14(16)19/h2-8H,9,15H2,1H3,(H2,16,19)/b7-6-. The van der Waals surface area contributed by atoms with E-state index < -0.39 is 5.91 Å². The maximum atomic E-state index is 11.0. The summed E-state index contributed by atoms with van der Waals surface area (Å²) in [4.78, 5) is 17.4. The first-order valence-electron chi connectivity index (χ1n) is 5.90. The minimum atomic E-state index is -0.434. The summed E-state index contributed by atoms with van der Waals surface area (Å²) in [5.74, 6) is -0.434. The van der Waals surface area contributed by atoms with Crippen molar-refractivity contribution in [2.45, 2.75) is 6.92 Å². The highest BCUT2D eigenvalue weighted by molar-refractivity contribution is 5.93. The van der Waals surface area contributed by atoms with Gasteiger partial charge >= 0.3 is 0 Å². The van der Waals surface area contributed by atoms with Crippen LogP contribution in [0.3, 0.4) is 0 Å². The van der Waals surface area contributed by atoms with Crippen LogP contribution in [-0.2, 0) is 0 Å². The van der Waals surface area contributed by atoms with Gasteiger partial charge in [0, 0.05) is 23.7 Å². The molecule has 2 rings (SSSR count). The van der Waals surface area contributed by atoms with E-state index in [2.05, 4.69) is 4.99 Å². The van der Waals surface area contributed by atoms with Crippen molar-refractivity contribution in [2.24, 2.45) is 16.5 Å². The molecule has 0 radical (unpaired) electrons. The Morgan fingerprint density at radius 2 is 2.05 bits per heavy atom. The Bertz CT molecular complexity index is 570. The number of nitrogens with two attached hydrogens (primary N) is 2. The zero-order valence-electron chi connectivity index (χ0n) is 10.7. The highest BCUT2D eigenvalue weighted by Crippen LogP contribution is 2.23. The molecule has 5 heteroatoms. The molecular formula is C14H16N4O. The van der Waals surface area contributed by atoms with Gasteiger partial charge in [-0.2, -0.15) is 0 Å². The van der Waals surface area contributed by atoms with Gasteiger partial charge in [-0.1, -0.05) is 12.1 Å². The van der Waals surface area contributed by atoms with Crippen molar-refractivity contribution in [3.8, 4) is 0 Å². The Balaban J connectivity index is 2.35. The molecule has 19 heavy (non-hydrogen) atoms. The predicted molar refractivity (Wildman–Crippen MR) is 76.1 cm³/mol. The van der Waals surface area contributed by atoms with Crippen LogP contribution in [0.4, 0.5) is 0 Å². The quantitative estimate of drug-likeness (QED) is 0.854. The van der Waals surface area contributed by atoms with Crippen molar-refractivity contribution < 1.29 is 4.79 Å². The molecule has 1 amide bonds. The van der Waals surface area contributed by atoms with Gasteiger partial charge in [0.25, 0.3) is 0 Å². The highest BCUT2D eigenvalue weighted by atomic mass is 16.1. The number of amides is 1. The minimum Gasteiger partial charge on any atom is -0.403 e. The minimum absolute atomic E-state index is 0.434.